The molecule has 3 aliphatic rings. The molecule has 3 heterocycles. The molecule has 0 saturated carbocycles. The van der Waals surface area contributed by atoms with Crippen LogP contribution >= 0.6 is 0 Å². The van der Waals surface area contributed by atoms with Gasteiger partial charge in [-0.15, -0.1) is 0 Å². The fraction of sp³-hybridized carbons (Fsp3) is 0.704. The van der Waals surface area contributed by atoms with Gasteiger partial charge in [-0.3, -0.25) is 9.59 Å². The van der Waals surface area contributed by atoms with Crippen LogP contribution in [0.25, 0.3) is 0 Å². The van der Waals surface area contributed by atoms with Gasteiger partial charge in [-0.25, -0.2) is 0 Å². The molecule has 2 bridgehead atoms. The minimum atomic E-state index is -2.33. The van der Waals surface area contributed by atoms with Crippen molar-refractivity contribution >= 4 is 11.9 Å². The molecule has 3 rings (SSSR count). The molecule has 0 aromatic carbocycles. The smallest absolute Gasteiger partial charge is 0.311 e. The highest BCUT2D eigenvalue weighted by Crippen LogP contribution is 2.38. The number of likely N-dealkylation sites (N-methyl/N-ethyl adjacent to an activating group) is 1. The lowest BCUT2D eigenvalue weighted by molar-refractivity contribution is -0.308. The Balaban J connectivity index is 0.00000141. The number of carbonyl (C=O) groups is 2. The summed E-state index contributed by atoms with van der Waals surface area (Å²) in [6.45, 7) is 6.17. The molecule has 2 fully saturated rings. The molecule has 24 nitrogen and oxygen atoms in total. The van der Waals surface area contributed by atoms with E-state index in [2.05, 4.69) is 5.32 Å². The maximum Gasteiger partial charge on any atom is 0.311 e. The number of hydrogen-bond donors (Lipinski definition) is 18. The summed E-state index contributed by atoms with van der Waals surface area (Å²) < 4.78 is 23.1. The van der Waals surface area contributed by atoms with Crippen LogP contribution in [0.15, 0.2) is 85.1 Å². The largest absolute Gasteiger partial charge is 0.481 e. The van der Waals surface area contributed by atoms with Crippen LogP contribution in [0.4, 0.5) is 0 Å². The molecule has 0 aliphatic carbocycles. The number of fused-ring (bicyclic) bond motifs is 2. The molecule has 0 aromatic heterocycles. The number of carbonyl (C=O) groups excluding carboxylic acids is 1. The predicted octanol–water partition coefficient (Wildman–Crippen LogP) is -2.65. The van der Waals surface area contributed by atoms with Crippen LogP contribution in [-0.4, -0.2) is 236 Å². The summed E-state index contributed by atoms with van der Waals surface area (Å²) in [4.78, 5) is 25.1. The van der Waals surface area contributed by atoms with Crippen molar-refractivity contribution in [2.75, 3.05) is 20.2 Å². The molecule has 24 heteroatoms. The number of nitrogens with two attached hydrogens (primary N) is 1. The van der Waals surface area contributed by atoms with Crippen molar-refractivity contribution in [2.45, 2.75) is 201 Å². The molecular formula is C54H90N2O22. The molecule has 448 valence electrons. The minimum absolute atomic E-state index is 0.0936. The maximum atomic E-state index is 12.6. The Bertz CT molecular complexity index is 1940. The van der Waals surface area contributed by atoms with Crippen LogP contribution in [0.2, 0.25) is 0 Å². The van der Waals surface area contributed by atoms with Gasteiger partial charge < -0.3 is 112 Å². The number of aliphatic carboxylic acids is 1. The Morgan fingerprint density at radius 1 is 0.692 bits per heavy atom. The highest BCUT2D eigenvalue weighted by Gasteiger charge is 2.51. The Morgan fingerprint density at radius 3 is 1.79 bits per heavy atom. The van der Waals surface area contributed by atoms with Gasteiger partial charge >= 0.3 is 11.9 Å². The van der Waals surface area contributed by atoms with E-state index in [1.165, 1.54) is 13.0 Å². The van der Waals surface area contributed by atoms with Gasteiger partial charge in [0.05, 0.1) is 92.3 Å². The van der Waals surface area contributed by atoms with Crippen LogP contribution < -0.4 is 11.1 Å². The van der Waals surface area contributed by atoms with Crippen molar-refractivity contribution in [3.8, 4) is 0 Å². The van der Waals surface area contributed by atoms with Gasteiger partial charge in [-0.1, -0.05) is 98.9 Å². The third kappa shape index (κ3) is 24.6. The number of nitrogens with one attached hydrogen (secondary N) is 1. The normalized spacial score (nSPS) is 41.4. The van der Waals surface area contributed by atoms with Crippen LogP contribution in [-0.2, 0) is 28.5 Å². The lowest BCUT2D eigenvalue weighted by Crippen LogP contribution is -2.61. The molecular weight excluding hydrogens is 1030 g/mol. The number of allylic oxidation sites excluding steroid dienone is 12. The van der Waals surface area contributed by atoms with Crippen LogP contribution in [0.1, 0.15) is 79.1 Å². The number of cyclic esters (lactones) is 1. The predicted molar refractivity (Wildman–Crippen MR) is 282 cm³/mol. The number of carboxylic acids is 1. The number of aliphatic hydroxyl groups is 15. The number of ether oxygens (including phenoxy) is 4. The van der Waals surface area contributed by atoms with Crippen LogP contribution in [0.3, 0.4) is 0 Å². The molecule has 3 aliphatic heterocycles. The first-order chi connectivity index (χ1) is 36.7. The first kappa shape index (κ1) is 70.4. The quantitative estimate of drug-likeness (QED) is 0.105. The molecule has 0 aromatic rings. The van der Waals surface area contributed by atoms with Gasteiger partial charge in [0.2, 0.25) is 0 Å². The number of aliphatic hydroxyl groups excluding tert-OH is 14. The zero-order chi connectivity index (χ0) is 58.9. The first-order valence-electron chi connectivity index (χ1n) is 26.3. The fourth-order valence-corrected chi connectivity index (χ4v) is 8.86. The van der Waals surface area contributed by atoms with Gasteiger partial charge in [0.25, 0.3) is 0 Å². The van der Waals surface area contributed by atoms with Gasteiger partial charge in [0.15, 0.2) is 12.1 Å². The Hall–Kier alpha value is -3.68. The average molecular weight is 1120 g/mol. The van der Waals surface area contributed by atoms with Crippen molar-refractivity contribution in [1.82, 2.24) is 5.32 Å². The van der Waals surface area contributed by atoms with Gasteiger partial charge in [-0.2, -0.15) is 0 Å². The fourth-order valence-electron chi connectivity index (χ4n) is 8.86. The second-order valence-corrected chi connectivity index (χ2v) is 20.4. The molecule has 0 radical (unpaired) electrons. The van der Waals surface area contributed by atoms with E-state index in [-0.39, 0.29) is 38.1 Å². The van der Waals surface area contributed by atoms with Gasteiger partial charge in [-0.05, 0) is 40.2 Å². The van der Waals surface area contributed by atoms with E-state index < -0.39 is 178 Å². The molecule has 78 heavy (non-hydrogen) atoms. The standard InChI is InChI=1S/C47H73NO17.C7H17NO5/c1-27-17-15-13-11-9-7-5-6-8-10-12-14-16-18-34(64-46-44(58)41(48)43(57)30(4)63-46)24-38-40(45(59)60)37(54)26-47(61,65-38)25-33(51)22-36(53)35(52)20-19-31(49)21-32(50)23-39(55)62-29(3)28(2)42(27)56;1-8-2-4(10)6(12)7(13)5(11)3-9/h5-18,27-38,40-44,46,49-54,56-58,61H,19-26,48H2,1-4H3,(H,59,60);4-13H,2-3H2,1H3/b6-5+,9-7+,10-8+,13-11+,14-12+,17-15+,18-16+;/t27-,28-,29-,30+,31+,32+,33-,34-,35+,36+,37-,38-,40+,41-,42+,43+,44-,46-,47+;4-,5+,6+,7+/m00/s1. The van der Waals surface area contributed by atoms with E-state index in [4.69, 9.17) is 45.1 Å². The SMILES string of the molecule is CNC[C@H](O)[C@@H](O)[C@H](O)[C@H](O)CO.C[C@@H]1[C@H](O)[C@@H](C)/C=C/C=C/C=C/C=C/C=C/C=C/C=C/[C@H](O[C@@H]2O[C@H](C)[C@@H](O)[C@H](N)[C@@H]2O)C[C@@H]2O[C@](O)(C[C@@H](O)C[C@@H](O)[C@H](O)CC[C@@H](O)C[C@@H](O)CC(=O)O[C@H]1C)C[C@H](O)[C@H]2C(=O)O. The van der Waals surface area contributed by atoms with Crippen molar-refractivity contribution in [2.24, 2.45) is 23.5 Å². The molecule has 2 saturated heterocycles. The summed E-state index contributed by atoms with van der Waals surface area (Å²) in [5.41, 5.74) is 6.02. The minimum Gasteiger partial charge on any atom is -0.481 e. The summed E-state index contributed by atoms with van der Waals surface area (Å²) in [5, 5.41) is 166. The zero-order valence-corrected chi connectivity index (χ0v) is 45.0. The lowest BCUT2D eigenvalue weighted by atomic mass is 9.82. The summed E-state index contributed by atoms with van der Waals surface area (Å²) >= 11 is 0. The highest BCUT2D eigenvalue weighted by molar-refractivity contribution is 5.71. The van der Waals surface area contributed by atoms with Crippen LogP contribution in [0, 0.1) is 17.8 Å². The van der Waals surface area contributed by atoms with Crippen molar-refractivity contribution in [3.05, 3.63) is 85.1 Å². The topological polar surface area (TPSA) is 433 Å². The highest BCUT2D eigenvalue weighted by atomic mass is 16.7. The average Bonchev–Trinajstić information content (AvgIpc) is 3.36. The molecule has 0 spiro atoms. The third-order valence-corrected chi connectivity index (χ3v) is 13.8. The van der Waals surface area contributed by atoms with E-state index >= 15 is 0 Å². The molecule has 0 amide bonds. The molecule has 0 unspecified atom stereocenters. The summed E-state index contributed by atoms with van der Waals surface area (Å²) in [6.07, 6.45) is -2.19. The first-order valence-corrected chi connectivity index (χ1v) is 26.3. The number of rotatable bonds is 9. The maximum absolute atomic E-state index is 12.6. The third-order valence-electron chi connectivity index (χ3n) is 13.8. The Labute approximate surface area is 456 Å². The molecule has 19 N–H and O–H groups in total. The number of esters is 1. The summed E-state index contributed by atoms with van der Waals surface area (Å²) in [5.74, 6) is -6.83. The Morgan fingerprint density at radius 2 is 1.24 bits per heavy atom. The van der Waals surface area contributed by atoms with E-state index in [9.17, 15) is 70.9 Å². The zero-order valence-electron chi connectivity index (χ0n) is 45.0. The Kier molecular flexibility index (Phi) is 32.4. The van der Waals surface area contributed by atoms with Gasteiger partial charge in [0, 0.05) is 44.1 Å². The van der Waals surface area contributed by atoms with Crippen molar-refractivity contribution < 1.29 is 110 Å². The van der Waals surface area contributed by atoms with E-state index in [0.29, 0.717) is 0 Å². The van der Waals surface area contributed by atoms with Gasteiger partial charge in [0.1, 0.15) is 36.4 Å². The number of carboxylic acid groups (broad SMARTS) is 1. The van der Waals surface area contributed by atoms with E-state index in [1.54, 1.807) is 87.7 Å². The van der Waals surface area contributed by atoms with Crippen molar-refractivity contribution in [1.29, 1.82) is 0 Å². The monoisotopic (exact) mass is 1120 g/mol. The molecule has 23 atom stereocenters. The van der Waals surface area contributed by atoms with E-state index in [0.717, 1.165) is 0 Å². The number of hydrogen-bond acceptors (Lipinski definition) is 23. The van der Waals surface area contributed by atoms with E-state index in [1.807, 2.05) is 19.1 Å². The second kappa shape index (κ2) is 35.9. The summed E-state index contributed by atoms with van der Waals surface area (Å²) in [6, 6.07) is -1.15. The summed E-state index contributed by atoms with van der Waals surface area (Å²) in [7, 11) is 1.57. The lowest BCUT2D eigenvalue weighted by Gasteiger charge is -2.45. The van der Waals surface area contributed by atoms with Crippen LogP contribution in [0.5, 0.6) is 0 Å². The second-order valence-electron chi connectivity index (χ2n) is 20.4. The van der Waals surface area contributed by atoms with Crippen molar-refractivity contribution in [3.63, 3.8) is 0 Å².